The number of phenols is 1. The molecule has 2 rings (SSSR count). The van der Waals surface area contributed by atoms with Gasteiger partial charge in [-0.25, -0.2) is 4.39 Å². The second kappa shape index (κ2) is 4.21. The smallest absolute Gasteiger partial charge is 0.310 e. The largest absolute Gasteiger partial charge is 0.502 e. The maximum absolute atomic E-state index is 12.7. The number of nitrogens with zero attached hydrogens (tertiary/aromatic N) is 1. The number of phenolic OH excluding ortho intramolecular Hbond substituents is 1. The molecule has 4 nitrogen and oxygen atoms in total. The summed E-state index contributed by atoms with van der Waals surface area (Å²) in [7, 11) is 0. The first-order valence-electron chi connectivity index (χ1n) is 4.81. The SMILES string of the molecule is O=[N+]([O-])c1ccc(-c2ccc(F)cc2)cc1O. The molecule has 0 amide bonds. The minimum atomic E-state index is -0.663. The Morgan fingerprint density at radius 2 is 1.65 bits per heavy atom. The van der Waals surface area contributed by atoms with E-state index >= 15 is 0 Å². The van der Waals surface area contributed by atoms with Crippen molar-refractivity contribution >= 4 is 5.69 Å². The summed E-state index contributed by atoms with van der Waals surface area (Å²) in [5.74, 6) is -0.767. The van der Waals surface area contributed by atoms with Crippen molar-refractivity contribution in [2.75, 3.05) is 0 Å². The summed E-state index contributed by atoms with van der Waals surface area (Å²) in [5, 5.41) is 20.0. The Morgan fingerprint density at radius 3 is 2.18 bits per heavy atom. The van der Waals surface area contributed by atoms with Crippen LogP contribution in [0.4, 0.5) is 10.1 Å². The van der Waals surface area contributed by atoms with Gasteiger partial charge in [-0.1, -0.05) is 12.1 Å². The standard InChI is InChI=1S/C12H8FNO3/c13-10-4-1-8(2-5-10)9-3-6-11(14(16)17)12(15)7-9/h1-7,15H. The third-order valence-corrected chi connectivity index (χ3v) is 2.35. The van der Waals surface area contributed by atoms with E-state index in [1.54, 1.807) is 0 Å². The highest BCUT2D eigenvalue weighted by molar-refractivity contribution is 5.68. The second-order valence-electron chi connectivity index (χ2n) is 3.47. The Kier molecular flexibility index (Phi) is 2.74. The van der Waals surface area contributed by atoms with Crippen LogP contribution in [0.15, 0.2) is 42.5 Å². The number of halogens is 1. The first-order valence-corrected chi connectivity index (χ1v) is 4.81. The normalized spacial score (nSPS) is 10.2. The van der Waals surface area contributed by atoms with Crippen LogP contribution in [0.5, 0.6) is 5.75 Å². The quantitative estimate of drug-likeness (QED) is 0.640. The van der Waals surface area contributed by atoms with Crippen LogP contribution in [-0.4, -0.2) is 10.0 Å². The maximum atomic E-state index is 12.7. The molecule has 0 radical (unpaired) electrons. The van der Waals surface area contributed by atoms with E-state index in [2.05, 4.69) is 0 Å². The summed E-state index contributed by atoms with van der Waals surface area (Å²) in [5.41, 5.74) is 0.917. The second-order valence-corrected chi connectivity index (χ2v) is 3.47. The number of aromatic hydroxyl groups is 1. The van der Waals surface area contributed by atoms with E-state index in [-0.39, 0.29) is 11.5 Å². The third-order valence-electron chi connectivity index (χ3n) is 2.35. The molecule has 0 atom stereocenters. The molecule has 2 aromatic carbocycles. The van der Waals surface area contributed by atoms with Crippen LogP contribution in [0.25, 0.3) is 11.1 Å². The molecule has 0 fully saturated rings. The molecule has 0 saturated carbocycles. The molecule has 1 N–H and O–H groups in total. The van der Waals surface area contributed by atoms with Gasteiger partial charge in [-0.15, -0.1) is 0 Å². The highest BCUT2D eigenvalue weighted by Gasteiger charge is 2.13. The molecular formula is C12H8FNO3. The molecule has 0 aliphatic carbocycles. The fourth-order valence-electron chi connectivity index (χ4n) is 1.50. The summed E-state index contributed by atoms with van der Waals surface area (Å²) < 4.78 is 12.7. The van der Waals surface area contributed by atoms with Crippen molar-refractivity contribution in [3.05, 3.63) is 58.4 Å². The zero-order valence-corrected chi connectivity index (χ0v) is 8.63. The lowest BCUT2D eigenvalue weighted by Gasteiger charge is -2.02. The first kappa shape index (κ1) is 11.1. The van der Waals surface area contributed by atoms with Gasteiger partial charge in [0.25, 0.3) is 0 Å². The fraction of sp³-hybridized carbons (Fsp3) is 0. The van der Waals surface area contributed by atoms with Crippen molar-refractivity contribution in [2.45, 2.75) is 0 Å². The molecule has 5 heteroatoms. The number of benzene rings is 2. The summed E-state index contributed by atoms with van der Waals surface area (Å²) in [6.07, 6.45) is 0. The number of nitro benzene ring substituents is 1. The fourth-order valence-corrected chi connectivity index (χ4v) is 1.50. The molecule has 0 saturated heterocycles. The minimum absolute atomic E-state index is 0.351. The summed E-state index contributed by atoms with van der Waals surface area (Å²) in [4.78, 5) is 9.85. The molecule has 0 bridgehead atoms. The number of nitro groups is 1. The van der Waals surface area contributed by atoms with E-state index in [1.165, 1.54) is 42.5 Å². The van der Waals surface area contributed by atoms with Gasteiger partial charge in [0, 0.05) is 6.07 Å². The Labute approximate surface area is 96.1 Å². The number of hydrogen-bond donors (Lipinski definition) is 1. The summed E-state index contributed by atoms with van der Waals surface area (Å²) in [6.45, 7) is 0. The molecule has 17 heavy (non-hydrogen) atoms. The lowest BCUT2D eigenvalue weighted by Crippen LogP contribution is -1.88. The van der Waals surface area contributed by atoms with Gasteiger partial charge in [0.1, 0.15) is 5.82 Å². The topological polar surface area (TPSA) is 63.4 Å². The molecule has 0 aliphatic rings. The predicted molar refractivity (Wildman–Crippen MR) is 60.2 cm³/mol. The van der Waals surface area contributed by atoms with Gasteiger partial charge in [0.15, 0.2) is 5.75 Å². The number of hydrogen-bond acceptors (Lipinski definition) is 3. The Bertz CT molecular complexity index is 566. The Morgan fingerprint density at radius 1 is 1.06 bits per heavy atom. The summed E-state index contributed by atoms with van der Waals surface area (Å²) >= 11 is 0. The molecule has 0 aromatic heterocycles. The Balaban J connectivity index is 2.44. The van der Waals surface area contributed by atoms with Crippen molar-refractivity contribution in [3.8, 4) is 16.9 Å². The van der Waals surface area contributed by atoms with Crippen molar-refractivity contribution in [1.82, 2.24) is 0 Å². The maximum Gasteiger partial charge on any atom is 0.310 e. The molecular weight excluding hydrogens is 225 g/mol. The van der Waals surface area contributed by atoms with Crippen molar-refractivity contribution in [1.29, 1.82) is 0 Å². The van der Waals surface area contributed by atoms with E-state index < -0.39 is 10.7 Å². The van der Waals surface area contributed by atoms with Crippen molar-refractivity contribution in [3.63, 3.8) is 0 Å². The van der Waals surface area contributed by atoms with E-state index in [4.69, 9.17) is 0 Å². The summed E-state index contributed by atoms with van der Waals surface area (Å²) in [6, 6.07) is 9.65. The van der Waals surface area contributed by atoms with Gasteiger partial charge in [-0.2, -0.15) is 0 Å². The van der Waals surface area contributed by atoms with Gasteiger partial charge in [-0.3, -0.25) is 10.1 Å². The molecule has 0 spiro atoms. The third kappa shape index (κ3) is 2.23. The number of rotatable bonds is 2. The van der Waals surface area contributed by atoms with Crippen LogP contribution in [-0.2, 0) is 0 Å². The van der Waals surface area contributed by atoms with Crippen LogP contribution in [0.3, 0.4) is 0 Å². The lowest BCUT2D eigenvalue weighted by molar-refractivity contribution is -0.385. The van der Waals surface area contributed by atoms with Gasteiger partial charge in [-0.05, 0) is 35.4 Å². The van der Waals surface area contributed by atoms with Crippen LogP contribution in [0.2, 0.25) is 0 Å². The first-order chi connectivity index (χ1) is 8.08. The van der Waals surface area contributed by atoms with Crippen molar-refractivity contribution < 1.29 is 14.4 Å². The Hall–Kier alpha value is -2.43. The van der Waals surface area contributed by atoms with Gasteiger partial charge < -0.3 is 5.11 Å². The van der Waals surface area contributed by atoms with E-state index in [9.17, 15) is 19.6 Å². The van der Waals surface area contributed by atoms with E-state index in [0.29, 0.717) is 11.1 Å². The molecule has 86 valence electrons. The minimum Gasteiger partial charge on any atom is -0.502 e. The monoisotopic (exact) mass is 233 g/mol. The predicted octanol–water partition coefficient (Wildman–Crippen LogP) is 3.11. The zero-order valence-electron chi connectivity index (χ0n) is 8.63. The van der Waals surface area contributed by atoms with Crippen LogP contribution in [0, 0.1) is 15.9 Å². The lowest BCUT2D eigenvalue weighted by atomic mass is 10.0. The van der Waals surface area contributed by atoms with Gasteiger partial charge >= 0.3 is 5.69 Å². The molecule has 0 unspecified atom stereocenters. The van der Waals surface area contributed by atoms with E-state index in [0.717, 1.165) is 0 Å². The van der Waals surface area contributed by atoms with Gasteiger partial charge in [0.2, 0.25) is 0 Å². The average Bonchev–Trinajstić information content (AvgIpc) is 2.29. The van der Waals surface area contributed by atoms with E-state index in [1.807, 2.05) is 0 Å². The highest BCUT2D eigenvalue weighted by Crippen LogP contribution is 2.31. The molecule has 0 heterocycles. The zero-order chi connectivity index (χ0) is 12.4. The van der Waals surface area contributed by atoms with Crippen molar-refractivity contribution in [2.24, 2.45) is 0 Å². The highest BCUT2D eigenvalue weighted by atomic mass is 19.1. The molecule has 0 aliphatic heterocycles. The van der Waals surface area contributed by atoms with Crippen LogP contribution >= 0.6 is 0 Å². The molecule has 2 aromatic rings. The average molecular weight is 233 g/mol. The van der Waals surface area contributed by atoms with Gasteiger partial charge in [0.05, 0.1) is 4.92 Å². The van der Waals surface area contributed by atoms with Crippen LogP contribution < -0.4 is 0 Å². The van der Waals surface area contributed by atoms with Crippen LogP contribution in [0.1, 0.15) is 0 Å².